The second-order valence-corrected chi connectivity index (χ2v) is 6.34. The van der Waals surface area contributed by atoms with Crippen LogP contribution in [0.1, 0.15) is 32.6 Å². The number of carboxylic acid groups (broad SMARTS) is 1. The Hall–Kier alpha value is -0.810. The number of aromatic nitrogens is 1. The molecule has 0 saturated heterocycles. The van der Waals surface area contributed by atoms with E-state index in [0.29, 0.717) is 22.7 Å². The molecule has 1 saturated carbocycles. The van der Waals surface area contributed by atoms with E-state index in [2.05, 4.69) is 17.2 Å². The normalized spacial score (nSPS) is 28.0. The van der Waals surface area contributed by atoms with E-state index in [1.165, 1.54) is 11.3 Å². The van der Waals surface area contributed by atoms with Crippen molar-refractivity contribution in [3.05, 3.63) is 10.5 Å². The molecule has 1 aromatic heterocycles. The zero-order chi connectivity index (χ0) is 13.2. The van der Waals surface area contributed by atoms with Gasteiger partial charge in [-0.3, -0.25) is 4.79 Å². The van der Waals surface area contributed by atoms with Gasteiger partial charge in [0.2, 0.25) is 0 Å². The molecule has 0 radical (unpaired) electrons. The highest BCUT2D eigenvalue weighted by molar-refractivity contribution is 7.14. The van der Waals surface area contributed by atoms with Crippen molar-refractivity contribution >= 4 is 34.0 Å². The van der Waals surface area contributed by atoms with Crippen molar-refractivity contribution in [3.8, 4) is 0 Å². The number of anilines is 1. The Kier molecular flexibility index (Phi) is 4.12. The van der Waals surface area contributed by atoms with Gasteiger partial charge in [0.1, 0.15) is 5.15 Å². The Morgan fingerprint density at radius 2 is 2.33 bits per heavy atom. The van der Waals surface area contributed by atoms with Crippen LogP contribution in [0.15, 0.2) is 5.38 Å². The molecule has 18 heavy (non-hydrogen) atoms. The number of rotatable bonds is 4. The van der Waals surface area contributed by atoms with Crippen molar-refractivity contribution in [2.24, 2.45) is 11.3 Å². The van der Waals surface area contributed by atoms with E-state index in [1.54, 1.807) is 5.38 Å². The molecule has 0 aromatic carbocycles. The van der Waals surface area contributed by atoms with Crippen molar-refractivity contribution in [2.45, 2.75) is 32.6 Å². The summed E-state index contributed by atoms with van der Waals surface area (Å²) in [4.78, 5) is 15.6. The average molecular weight is 289 g/mol. The molecular formula is C12H17ClN2O2S. The van der Waals surface area contributed by atoms with Gasteiger partial charge in [-0.05, 0) is 31.6 Å². The third kappa shape index (κ3) is 2.95. The van der Waals surface area contributed by atoms with E-state index in [-0.39, 0.29) is 0 Å². The number of carboxylic acids is 1. The first-order chi connectivity index (χ1) is 8.52. The highest BCUT2D eigenvalue weighted by Crippen LogP contribution is 2.39. The molecule has 1 aliphatic carbocycles. The Labute approximate surface area is 115 Å². The molecule has 4 nitrogen and oxygen atoms in total. The Balaban J connectivity index is 2.00. The maximum Gasteiger partial charge on any atom is 0.311 e. The Morgan fingerprint density at radius 1 is 1.67 bits per heavy atom. The molecule has 0 amide bonds. The number of nitrogens with zero attached hydrogens (tertiary/aromatic N) is 1. The van der Waals surface area contributed by atoms with E-state index in [4.69, 9.17) is 11.6 Å². The molecular weight excluding hydrogens is 272 g/mol. The standard InChI is InChI=1S/C12H17ClN2O2S/c1-8-2-4-12(5-3-8,10(16)17)7-14-11-15-9(13)6-18-11/h6,8H,2-5,7H2,1H3,(H,14,15)(H,16,17). The minimum Gasteiger partial charge on any atom is -0.481 e. The van der Waals surface area contributed by atoms with Crippen molar-refractivity contribution in [3.63, 3.8) is 0 Å². The van der Waals surface area contributed by atoms with Crippen LogP contribution in [0, 0.1) is 11.3 Å². The largest absolute Gasteiger partial charge is 0.481 e. The summed E-state index contributed by atoms with van der Waals surface area (Å²) in [7, 11) is 0. The minimum atomic E-state index is -0.704. The lowest BCUT2D eigenvalue weighted by Crippen LogP contribution is -2.41. The summed E-state index contributed by atoms with van der Waals surface area (Å²) in [6.45, 7) is 2.61. The Bertz CT molecular complexity index is 427. The number of thiazole rings is 1. The molecule has 0 atom stereocenters. The molecule has 1 aromatic rings. The highest BCUT2D eigenvalue weighted by Gasteiger charge is 2.41. The van der Waals surface area contributed by atoms with Gasteiger partial charge in [-0.15, -0.1) is 11.3 Å². The molecule has 6 heteroatoms. The molecule has 0 spiro atoms. The monoisotopic (exact) mass is 288 g/mol. The lowest BCUT2D eigenvalue weighted by atomic mass is 9.71. The quantitative estimate of drug-likeness (QED) is 0.890. The van der Waals surface area contributed by atoms with Gasteiger partial charge in [-0.2, -0.15) is 0 Å². The summed E-state index contributed by atoms with van der Waals surface area (Å²) < 4.78 is 0. The summed E-state index contributed by atoms with van der Waals surface area (Å²) >= 11 is 7.14. The summed E-state index contributed by atoms with van der Waals surface area (Å²) in [5.74, 6) is -0.0728. The average Bonchev–Trinajstić information content (AvgIpc) is 2.75. The first kappa shape index (κ1) is 13.6. The van der Waals surface area contributed by atoms with Crippen LogP contribution in [0.2, 0.25) is 5.15 Å². The van der Waals surface area contributed by atoms with Crippen LogP contribution in [-0.2, 0) is 4.79 Å². The predicted molar refractivity (Wildman–Crippen MR) is 73.3 cm³/mol. The van der Waals surface area contributed by atoms with E-state index in [9.17, 15) is 9.90 Å². The lowest BCUT2D eigenvalue weighted by molar-refractivity contribution is -0.150. The number of hydrogen-bond acceptors (Lipinski definition) is 4. The van der Waals surface area contributed by atoms with Crippen LogP contribution >= 0.6 is 22.9 Å². The van der Waals surface area contributed by atoms with Gasteiger partial charge in [-0.25, -0.2) is 4.98 Å². The van der Waals surface area contributed by atoms with E-state index in [1.807, 2.05) is 0 Å². The van der Waals surface area contributed by atoms with Crippen LogP contribution < -0.4 is 5.32 Å². The summed E-state index contributed by atoms with van der Waals surface area (Å²) in [5, 5.41) is 15.5. The molecule has 0 bridgehead atoms. The smallest absolute Gasteiger partial charge is 0.311 e. The topological polar surface area (TPSA) is 62.2 Å². The molecule has 1 aliphatic rings. The van der Waals surface area contributed by atoms with Crippen molar-refractivity contribution in [1.82, 2.24) is 4.98 Å². The number of halogens is 1. The van der Waals surface area contributed by atoms with Crippen molar-refractivity contribution in [1.29, 1.82) is 0 Å². The van der Waals surface area contributed by atoms with Gasteiger partial charge in [0, 0.05) is 11.9 Å². The third-order valence-corrected chi connectivity index (χ3v) is 4.86. The first-order valence-electron chi connectivity index (χ1n) is 6.10. The lowest BCUT2D eigenvalue weighted by Gasteiger charge is -2.35. The second kappa shape index (κ2) is 5.45. The highest BCUT2D eigenvalue weighted by atomic mass is 35.5. The number of aliphatic carboxylic acids is 1. The molecule has 0 aliphatic heterocycles. The van der Waals surface area contributed by atoms with Crippen LogP contribution in [-0.4, -0.2) is 22.6 Å². The maximum atomic E-state index is 11.5. The van der Waals surface area contributed by atoms with E-state index in [0.717, 1.165) is 25.7 Å². The van der Waals surface area contributed by atoms with Gasteiger partial charge in [-0.1, -0.05) is 18.5 Å². The van der Waals surface area contributed by atoms with Crippen molar-refractivity contribution in [2.75, 3.05) is 11.9 Å². The molecule has 1 fully saturated rings. The molecule has 2 rings (SSSR count). The minimum absolute atomic E-state index is 0.429. The van der Waals surface area contributed by atoms with E-state index < -0.39 is 11.4 Å². The molecule has 0 unspecified atom stereocenters. The molecule has 2 N–H and O–H groups in total. The van der Waals surface area contributed by atoms with Gasteiger partial charge >= 0.3 is 5.97 Å². The van der Waals surface area contributed by atoms with E-state index >= 15 is 0 Å². The van der Waals surface area contributed by atoms with Crippen LogP contribution in [0.5, 0.6) is 0 Å². The zero-order valence-electron chi connectivity index (χ0n) is 10.3. The van der Waals surface area contributed by atoms with Crippen LogP contribution in [0.4, 0.5) is 5.13 Å². The van der Waals surface area contributed by atoms with Crippen LogP contribution in [0.25, 0.3) is 0 Å². The summed E-state index contributed by atoms with van der Waals surface area (Å²) in [5.41, 5.74) is -0.648. The SMILES string of the molecule is CC1CCC(CNc2nc(Cl)cs2)(C(=O)O)CC1. The van der Waals surface area contributed by atoms with Gasteiger partial charge in [0.25, 0.3) is 0 Å². The third-order valence-electron chi connectivity index (χ3n) is 3.74. The number of hydrogen-bond donors (Lipinski definition) is 2. The molecule has 100 valence electrons. The fourth-order valence-electron chi connectivity index (χ4n) is 2.36. The summed E-state index contributed by atoms with van der Waals surface area (Å²) in [6, 6.07) is 0. The van der Waals surface area contributed by atoms with Gasteiger partial charge < -0.3 is 10.4 Å². The van der Waals surface area contributed by atoms with Gasteiger partial charge in [0.05, 0.1) is 5.41 Å². The second-order valence-electron chi connectivity index (χ2n) is 5.10. The molecule has 1 heterocycles. The number of nitrogens with one attached hydrogen (secondary N) is 1. The van der Waals surface area contributed by atoms with Crippen LogP contribution in [0.3, 0.4) is 0 Å². The fraction of sp³-hybridized carbons (Fsp3) is 0.667. The fourth-order valence-corrected chi connectivity index (χ4v) is 3.20. The summed E-state index contributed by atoms with van der Waals surface area (Å²) in [6.07, 6.45) is 3.42. The first-order valence-corrected chi connectivity index (χ1v) is 7.36. The Morgan fingerprint density at radius 3 is 2.83 bits per heavy atom. The van der Waals surface area contributed by atoms with Gasteiger partial charge in [0.15, 0.2) is 5.13 Å². The zero-order valence-corrected chi connectivity index (χ0v) is 11.9. The maximum absolute atomic E-state index is 11.5. The predicted octanol–water partition coefficient (Wildman–Crippen LogP) is 3.49. The number of carbonyl (C=O) groups is 1. The van der Waals surface area contributed by atoms with Crippen molar-refractivity contribution < 1.29 is 9.90 Å².